The second-order valence-electron chi connectivity index (χ2n) is 5.83. The zero-order valence-corrected chi connectivity index (χ0v) is 15.8. The van der Waals surface area contributed by atoms with Gasteiger partial charge < -0.3 is 4.57 Å². The lowest BCUT2D eigenvalue weighted by Crippen LogP contribution is -2.16. The van der Waals surface area contributed by atoms with E-state index in [2.05, 4.69) is 73.7 Å². The van der Waals surface area contributed by atoms with E-state index in [4.69, 9.17) is 0 Å². The molecule has 22 heavy (non-hydrogen) atoms. The van der Waals surface area contributed by atoms with Crippen LogP contribution in [0, 0.1) is 0 Å². The van der Waals surface area contributed by atoms with Crippen molar-refractivity contribution in [3.8, 4) is 0 Å². The molecule has 0 aliphatic heterocycles. The van der Waals surface area contributed by atoms with Crippen molar-refractivity contribution in [1.82, 2.24) is 4.57 Å². The normalized spacial score (nSPS) is 17.0. The lowest BCUT2D eigenvalue weighted by atomic mass is 10.0. The molecule has 0 N–H and O–H groups in total. The Balaban J connectivity index is 2.07. The van der Waals surface area contributed by atoms with Crippen LogP contribution in [0.5, 0.6) is 0 Å². The Labute approximate surface area is 147 Å². The monoisotopic (exact) mass is 423 g/mol. The van der Waals surface area contributed by atoms with Crippen molar-refractivity contribution in [3.05, 3.63) is 40.0 Å². The van der Waals surface area contributed by atoms with Gasteiger partial charge in [-0.1, -0.05) is 63.4 Å². The summed E-state index contributed by atoms with van der Waals surface area (Å²) in [6, 6.07) is 6.34. The van der Waals surface area contributed by atoms with E-state index in [-0.39, 0.29) is 0 Å². The number of unbranched alkanes of at least 4 members (excludes halogenated alkanes) is 1. The average molecular weight is 425 g/mol. The number of carbonyl (C=O) groups is 1. The molecule has 2 nitrogen and oxygen atoms in total. The number of benzene rings is 1. The van der Waals surface area contributed by atoms with Crippen LogP contribution in [0.2, 0.25) is 0 Å². The van der Waals surface area contributed by atoms with Gasteiger partial charge in [-0.2, -0.15) is 0 Å². The molecule has 0 bridgehead atoms. The van der Waals surface area contributed by atoms with E-state index in [9.17, 15) is 4.79 Å². The molecule has 1 heterocycles. The van der Waals surface area contributed by atoms with Gasteiger partial charge in [0.2, 0.25) is 0 Å². The van der Waals surface area contributed by atoms with Crippen LogP contribution in [0.15, 0.2) is 28.7 Å². The van der Waals surface area contributed by atoms with Crippen LogP contribution in [0.4, 0.5) is 0 Å². The first-order chi connectivity index (χ1) is 10.6. The molecule has 4 heteroatoms. The standard InChI is InChI=1S/C18H19Br2NO/c1-2-3-4-14(22)11-21-17-9-12(19)5-7-15(17)16-8-6-13(20)10-18(16)21/h5-9,13H,2-4,10-11H2,1H3. The van der Waals surface area contributed by atoms with E-state index >= 15 is 0 Å². The number of ketones is 1. The van der Waals surface area contributed by atoms with E-state index < -0.39 is 0 Å². The number of rotatable bonds is 5. The number of carbonyl (C=O) groups excluding carboxylic acids is 1. The summed E-state index contributed by atoms with van der Waals surface area (Å²) >= 11 is 7.23. The van der Waals surface area contributed by atoms with E-state index in [0.29, 0.717) is 23.6 Å². The van der Waals surface area contributed by atoms with Crippen molar-refractivity contribution in [3.63, 3.8) is 0 Å². The maximum Gasteiger partial charge on any atom is 0.152 e. The highest BCUT2D eigenvalue weighted by Crippen LogP contribution is 2.34. The lowest BCUT2D eigenvalue weighted by Gasteiger charge is -2.15. The fourth-order valence-electron chi connectivity index (χ4n) is 3.07. The smallest absolute Gasteiger partial charge is 0.152 e. The van der Waals surface area contributed by atoms with Crippen molar-refractivity contribution in [2.75, 3.05) is 0 Å². The zero-order chi connectivity index (χ0) is 15.7. The Hall–Kier alpha value is -0.870. The molecule has 1 aliphatic carbocycles. The molecule has 0 fully saturated rings. The third-order valence-electron chi connectivity index (χ3n) is 4.18. The Morgan fingerprint density at radius 3 is 3.00 bits per heavy atom. The van der Waals surface area contributed by atoms with Crippen LogP contribution in [-0.2, 0) is 17.8 Å². The van der Waals surface area contributed by atoms with Gasteiger partial charge in [-0.3, -0.25) is 4.79 Å². The maximum atomic E-state index is 12.3. The first kappa shape index (κ1) is 16.0. The number of alkyl halides is 1. The number of nitrogens with zero attached hydrogens (tertiary/aromatic N) is 1. The number of hydrogen-bond donors (Lipinski definition) is 0. The summed E-state index contributed by atoms with van der Waals surface area (Å²) in [5, 5.41) is 1.23. The van der Waals surface area contributed by atoms with Crippen LogP contribution in [0.3, 0.4) is 0 Å². The highest BCUT2D eigenvalue weighted by atomic mass is 79.9. The maximum absolute atomic E-state index is 12.3. The molecule has 1 unspecified atom stereocenters. The highest BCUT2D eigenvalue weighted by molar-refractivity contribution is 9.10. The zero-order valence-electron chi connectivity index (χ0n) is 12.6. The topological polar surface area (TPSA) is 22.0 Å². The molecule has 0 saturated carbocycles. The Morgan fingerprint density at radius 1 is 1.41 bits per heavy atom. The van der Waals surface area contributed by atoms with E-state index in [1.54, 1.807) is 0 Å². The molecule has 0 saturated heterocycles. The largest absolute Gasteiger partial charge is 0.336 e. The summed E-state index contributed by atoms with van der Waals surface area (Å²) in [6.07, 6.45) is 8.01. The van der Waals surface area contributed by atoms with Gasteiger partial charge in [-0.05, 0) is 18.6 Å². The minimum Gasteiger partial charge on any atom is -0.336 e. The summed E-state index contributed by atoms with van der Waals surface area (Å²) in [5.74, 6) is 0.321. The highest BCUT2D eigenvalue weighted by Gasteiger charge is 2.21. The van der Waals surface area contributed by atoms with Gasteiger partial charge >= 0.3 is 0 Å². The molecule has 3 rings (SSSR count). The first-order valence-corrected chi connectivity index (χ1v) is 9.45. The second kappa shape index (κ2) is 6.71. The second-order valence-corrected chi connectivity index (χ2v) is 7.92. The SMILES string of the molecule is CCCCC(=O)Cn1c2c(c3ccc(Br)cc31)C=CC(Br)C2. The predicted molar refractivity (Wildman–Crippen MR) is 99.6 cm³/mol. The number of halogens is 2. The van der Waals surface area contributed by atoms with E-state index in [1.165, 1.54) is 16.6 Å². The third-order valence-corrected chi connectivity index (χ3v) is 5.30. The van der Waals surface area contributed by atoms with Gasteiger partial charge in [0.1, 0.15) is 0 Å². The Morgan fingerprint density at radius 2 is 2.23 bits per heavy atom. The van der Waals surface area contributed by atoms with Crippen molar-refractivity contribution in [1.29, 1.82) is 0 Å². The number of hydrogen-bond acceptors (Lipinski definition) is 1. The molecular formula is C18H19Br2NO. The van der Waals surface area contributed by atoms with Gasteiger partial charge in [-0.25, -0.2) is 0 Å². The van der Waals surface area contributed by atoms with Gasteiger partial charge in [0.15, 0.2) is 5.78 Å². The van der Waals surface area contributed by atoms with Gasteiger partial charge in [0.05, 0.1) is 12.1 Å². The van der Waals surface area contributed by atoms with Crippen LogP contribution < -0.4 is 0 Å². The average Bonchev–Trinajstić information content (AvgIpc) is 2.78. The van der Waals surface area contributed by atoms with Crippen molar-refractivity contribution < 1.29 is 4.79 Å². The molecule has 116 valence electrons. The molecular weight excluding hydrogens is 406 g/mol. The van der Waals surface area contributed by atoms with Crippen LogP contribution in [0.1, 0.15) is 37.4 Å². The molecule has 0 spiro atoms. The molecule has 2 aromatic rings. The van der Waals surface area contributed by atoms with Crippen molar-refractivity contribution in [2.45, 2.75) is 44.0 Å². The summed E-state index contributed by atoms with van der Waals surface area (Å²) < 4.78 is 3.27. The van der Waals surface area contributed by atoms with Gasteiger partial charge in [0.25, 0.3) is 0 Å². The first-order valence-electron chi connectivity index (χ1n) is 7.74. The summed E-state index contributed by atoms with van der Waals surface area (Å²) in [4.78, 5) is 12.6. The number of fused-ring (bicyclic) bond motifs is 3. The number of Topliss-reactive ketones (excluding diaryl/α,β-unsaturated/α-hetero) is 1. The van der Waals surface area contributed by atoms with Crippen LogP contribution >= 0.6 is 31.9 Å². The van der Waals surface area contributed by atoms with Gasteiger partial charge in [-0.15, -0.1) is 0 Å². The lowest BCUT2D eigenvalue weighted by molar-refractivity contribution is -0.119. The number of aromatic nitrogens is 1. The summed E-state index contributed by atoms with van der Waals surface area (Å²) in [6.45, 7) is 2.60. The van der Waals surface area contributed by atoms with Crippen molar-refractivity contribution >= 4 is 54.6 Å². The van der Waals surface area contributed by atoms with Crippen molar-refractivity contribution in [2.24, 2.45) is 0 Å². The fraction of sp³-hybridized carbons (Fsp3) is 0.389. The molecule has 1 aliphatic rings. The minimum absolute atomic E-state index is 0.321. The molecule has 1 atom stereocenters. The molecule has 0 amide bonds. The molecule has 1 aromatic heterocycles. The van der Waals surface area contributed by atoms with Gasteiger partial charge in [0, 0.05) is 38.8 Å². The molecule has 0 radical (unpaired) electrons. The Bertz CT molecular complexity index is 745. The quantitative estimate of drug-likeness (QED) is 0.581. The number of allylic oxidation sites excluding steroid dienone is 1. The predicted octanol–water partition coefficient (Wildman–Crippen LogP) is 5.50. The van der Waals surface area contributed by atoms with Crippen LogP contribution in [-0.4, -0.2) is 15.2 Å². The third kappa shape index (κ3) is 3.09. The fourth-order valence-corrected chi connectivity index (χ4v) is 3.88. The van der Waals surface area contributed by atoms with E-state index in [1.807, 2.05) is 0 Å². The summed E-state index contributed by atoms with van der Waals surface area (Å²) in [7, 11) is 0. The minimum atomic E-state index is 0.321. The Kier molecular flexibility index (Phi) is 4.88. The van der Waals surface area contributed by atoms with Crippen LogP contribution in [0.25, 0.3) is 17.0 Å². The van der Waals surface area contributed by atoms with E-state index in [0.717, 1.165) is 29.3 Å². The summed E-state index contributed by atoms with van der Waals surface area (Å²) in [5.41, 5.74) is 3.68. The molecule has 1 aromatic carbocycles.